The zero-order chi connectivity index (χ0) is 36.6. The van der Waals surface area contributed by atoms with E-state index >= 15 is 0 Å². The SMILES string of the molecule is CC1(CCl)CCC(Cc2ccc(Cl)cc2)C1=O.COC(=O)C1(Cc2ccc(Cl)cc2)CCC(C)(CCl)C1=O.Cc1ccc(S(=O)(=O)O)cc1.O. The number of hydrogen-bond acceptors (Lipinski definition) is 6. The molecule has 3 N–H and O–H groups in total. The zero-order valence-corrected chi connectivity index (χ0v) is 32.3. The van der Waals surface area contributed by atoms with E-state index < -0.39 is 26.9 Å². The van der Waals surface area contributed by atoms with E-state index in [4.69, 9.17) is 55.7 Å². The van der Waals surface area contributed by atoms with Gasteiger partial charge in [0, 0.05) is 38.6 Å². The summed E-state index contributed by atoms with van der Waals surface area (Å²) in [4.78, 5) is 37.3. The summed E-state index contributed by atoms with van der Waals surface area (Å²) in [7, 11) is -2.70. The highest BCUT2D eigenvalue weighted by Crippen LogP contribution is 2.49. The Morgan fingerprint density at radius 1 is 0.820 bits per heavy atom. The van der Waals surface area contributed by atoms with Gasteiger partial charge in [0.2, 0.25) is 0 Å². The number of esters is 1. The van der Waals surface area contributed by atoms with Gasteiger partial charge < -0.3 is 10.2 Å². The zero-order valence-electron chi connectivity index (χ0n) is 28.5. The van der Waals surface area contributed by atoms with Gasteiger partial charge in [0.15, 0.2) is 5.78 Å². The van der Waals surface area contributed by atoms with Crippen LogP contribution in [0.15, 0.2) is 77.7 Å². The predicted octanol–water partition coefficient (Wildman–Crippen LogP) is 8.17. The monoisotopic (exact) mass is 788 g/mol. The Kier molecular flexibility index (Phi) is 16.0. The molecule has 0 aromatic heterocycles. The van der Waals surface area contributed by atoms with E-state index in [0.29, 0.717) is 35.9 Å². The van der Waals surface area contributed by atoms with Crippen molar-refractivity contribution in [3.05, 3.63) is 99.5 Å². The highest BCUT2D eigenvalue weighted by atomic mass is 35.5. The van der Waals surface area contributed by atoms with Gasteiger partial charge in [0.1, 0.15) is 11.2 Å². The molecule has 2 saturated carbocycles. The number of alkyl halides is 2. The maximum Gasteiger partial charge on any atom is 0.319 e. The fourth-order valence-electron chi connectivity index (χ4n) is 6.19. The smallest absolute Gasteiger partial charge is 0.319 e. The molecule has 0 spiro atoms. The molecule has 0 heterocycles. The fraction of sp³-hybridized carbons (Fsp3) is 0.432. The van der Waals surface area contributed by atoms with Crippen molar-refractivity contribution in [1.82, 2.24) is 0 Å². The Labute approximate surface area is 314 Å². The van der Waals surface area contributed by atoms with Crippen LogP contribution in [0.4, 0.5) is 0 Å². The minimum atomic E-state index is -4.02. The summed E-state index contributed by atoms with van der Waals surface area (Å²) in [5, 5.41) is 1.35. The topological polar surface area (TPSA) is 146 Å². The molecule has 274 valence electrons. The Hall–Kier alpha value is -2.50. The number of ether oxygens (including phenoxy) is 1. The lowest BCUT2D eigenvalue weighted by molar-refractivity contribution is -0.158. The van der Waals surface area contributed by atoms with Crippen LogP contribution in [0.3, 0.4) is 0 Å². The van der Waals surface area contributed by atoms with Crippen LogP contribution in [0.5, 0.6) is 0 Å². The van der Waals surface area contributed by atoms with Crippen LogP contribution in [-0.4, -0.2) is 54.9 Å². The number of aryl methyl sites for hydroxylation is 1. The third-order valence-electron chi connectivity index (χ3n) is 9.40. The third-order valence-corrected chi connectivity index (χ3v) is 11.9. The van der Waals surface area contributed by atoms with Gasteiger partial charge in [-0.2, -0.15) is 8.42 Å². The van der Waals surface area contributed by atoms with E-state index in [1.165, 1.54) is 24.8 Å². The van der Waals surface area contributed by atoms with Crippen molar-refractivity contribution in [1.29, 1.82) is 0 Å². The molecule has 2 aliphatic carbocycles. The first-order valence-corrected chi connectivity index (χ1v) is 19.0. The van der Waals surface area contributed by atoms with Crippen LogP contribution in [-0.2, 0) is 42.1 Å². The van der Waals surface area contributed by atoms with Crippen molar-refractivity contribution in [3.8, 4) is 0 Å². The number of methoxy groups -OCH3 is 1. The van der Waals surface area contributed by atoms with Crippen LogP contribution in [0.1, 0.15) is 56.2 Å². The predicted molar refractivity (Wildman–Crippen MR) is 199 cm³/mol. The van der Waals surface area contributed by atoms with Gasteiger partial charge in [-0.05, 0) is 93.0 Å². The molecule has 2 fully saturated rings. The second-order valence-corrected chi connectivity index (χ2v) is 16.1. The average molecular weight is 791 g/mol. The van der Waals surface area contributed by atoms with Gasteiger partial charge in [0.25, 0.3) is 10.1 Å². The second-order valence-electron chi connectivity index (χ2n) is 13.3. The maximum atomic E-state index is 12.8. The number of rotatable bonds is 8. The molecular weight excluding hydrogens is 746 g/mol. The van der Waals surface area contributed by atoms with Crippen molar-refractivity contribution < 1.29 is 37.6 Å². The van der Waals surface area contributed by atoms with Gasteiger partial charge in [-0.1, -0.05) is 79.0 Å². The summed E-state index contributed by atoms with van der Waals surface area (Å²) in [6.07, 6.45) is 4.05. The summed E-state index contributed by atoms with van der Waals surface area (Å²) in [5.74, 6) is 0.499. The minimum absolute atomic E-state index is 0. The fourth-order valence-corrected chi connectivity index (χ4v) is 7.44. The van der Waals surface area contributed by atoms with Gasteiger partial charge in [-0.15, -0.1) is 23.2 Å². The molecule has 0 aliphatic heterocycles. The van der Waals surface area contributed by atoms with E-state index in [-0.39, 0.29) is 33.4 Å². The Morgan fingerprint density at radius 3 is 1.74 bits per heavy atom. The molecule has 0 bridgehead atoms. The number of benzene rings is 3. The summed E-state index contributed by atoms with van der Waals surface area (Å²) in [5.41, 5.74) is 0.911. The summed E-state index contributed by atoms with van der Waals surface area (Å²) < 4.78 is 34.5. The molecule has 4 atom stereocenters. The Balaban J connectivity index is 0.000000270. The van der Waals surface area contributed by atoms with E-state index in [0.717, 1.165) is 35.4 Å². The molecule has 5 rings (SSSR count). The molecule has 0 saturated heterocycles. The number of hydrogen-bond donors (Lipinski definition) is 1. The quantitative estimate of drug-likeness (QED) is 0.105. The van der Waals surface area contributed by atoms with Crippen molar-refractivity contribution in [3.63, 3.8) is 0 Å². The van der Waals surface area contributed by atoms with Gasteiger partial charge in [-0.25, -0.2) is 0 Å². The molecule has 13 heteroatoms. The highest BCUT2D eigenvalue weighted by molar-refractivity contribution is 7.85. The standard InChI is InChI=1S/C16H18Cl2O3.C14H16Cl2O.C7H8O3S.H2O/c1-15(10-17)7-8-16(13(15)19,14(20)21-2)9-11-3-5-12(18)6-4-11;1-14(9-15)7-6-11(13(14)17)8-10-2-4-12(16)5-3-10;1-6-2-4-7(5-3-6)11(8,9)10;/h3-6H,7-10H2,1-2H3;2-5,11H,6-9H2,1H3;2-5H,1H3,(H,8,9,10);1H2. The normalized spacial score (nSPS) is 24.3. The average Bonchev–Trinajstić information content (AvgIpc) is 3.51. The molecule has 0 amide bonds. The minimum Gasteiger partial charge on any atom is -0.468 e. The first-order valence-electron chi connectivity index (χ1n) is 15.8. The van der Waals surface area contributed by atoms with Crippen LogP contribution in [0.2, 0.25) is 10.0 Å². The van der Waals surface area contributed by atoms with Crippen LogP contribution >= 0.6 is 46.4 Å². The summed E-state index contributed by atoms with van der Waals surface area (Å²) in [6, 6.07) is 20.9. The Morgan fingerprint density at radius 2 is 1.32 bits per heavy atom. The lowest BCUT2D eigenvalue weighted by atomic mass is 9.75. The van der Waals surface area contributed by atoms with Crippen LogP contribution in [0.25, 0.3) is 0 Å². The largest absolute Gasteiger partial charge is 0.468 e. The van der Waals surface area contributed by atoms with Crippen molar-refractivity contribution in [2.45, 2.75) is 64.2 Å². The third kappa shape index (κ3) is 10.8. The maximum absolute atomic E-state index is 12.8. The number of Topliss-reactive ketones (excluding diaryl/α,β-unsaturated/α-hetero) is 2. The van der Waals surface area contributed by atoms with E-state index in [1.54, 1.807) is 24.3 Å². The van der Waals surface area contributed by atoms with Crippen molar-refractivity contribution in [2.24, 2.45) is 22.2 Å². The van der Waals surface area contributed by atoms with Gasteiger partial charge in [0.05, 0.1) is 12.0 Å². The van der Waals surface area contributed by atoms with Gasteiger partial charge in [-0.3, -0.25) is 18.9 Å². The first kappa shape index (κ1) is 43.7. The number of carbonyl (C=O) groups is 3. The number of ketones is 2. The Bertz CT molecular complexity index is 1720. The number of carbonyl (C=O) groups excluding carboxylic acids is 3. The molecule has 3 aromatic carbocycles. The molecule has 8 nitrogen and oxygen atoms in total. The molecule has 50 heavy (non-hydrogen) atoms. The van der Waals surface area contributed by atoms with Crippen molar-refractivity contribution in [2.75, 3.05) is 18.9 Å². The summed E-state index contributed by atoms with van der Waals surface area (Å²) >= 11 is 23.6. The van der Waals surface area contributed by atoms with Crippen molar-refractivity contribution >= 4 is 74.1 Å². The molecule has 4 unspecified atom stereocenters. The lowest BCUT2D eigenvalue weighted by Gasteiger charge is -2.27. The van der Waals surface area contributed by atoms with E-state index in [1.807, 2.05) is 57.2 Å². The molecule has 0 radical (unpaired) electrons. The molecule has 3 aromatic rings. The second kappa shape index (κ2) is 18.3. The van der Waals surface area contributed by atoms with Crippen LogP contribution < -0.4 is 0 Å². The lowest BCUT2D eigenvalue weighted by Crippen LogP contribution is -2.43. The van der Waals surface area contributed by atoms with Crippen LogP contribution in [0, 0.1) is 29.1 Å². The number of halogens is 4. The highest BCUT2D eigenvalue weighted by Gasteiger charge is 2.58. The summed E-state index contributed by atoms with van der Waals surface area (Å²) in [6.45, 7) is 5.63. The van der Waals surface area contributed by atoms with Gasteiger partial charge >= 0.3 is 5.97 Å². The molecular formula is C37H44Cl4O8S. The van der Waals surface area contributed by atoms with E-state index in [2.05, 4.69) is 0 Å². The first-order chi connectivity index (χ1) is 22.9. The van der Waals surface area contributed by atoms with E-state index in [9.17, 15) is 22.8 Å². The molecule has 2 aliphatic rings.